The largest absolute Gasteiger partial charge is 0.468 e. The third-order valence-corrected chi connectivity index (χ3v) is 2.97. The van der Waals surface area contributed by atoms with Crippen LogP contribution in [0.1, 0.15) is 19.4 Å². The summed E-state index contributed by atoms with van der Waals surface area (Å²) in [6.07, 6.45) is 0.0766. The molecule has 0 aliphatic heterocycles. The van der Waals surface area contributed by atoms with E-state index in [0.717, 1.165) is 0 Å². The van der Waals surface area contributed by atoms with Gasteiger partial charge in [-0.05, 0) is 19.4 Å². The molecule has 0 spiro atoms. The Balaban J connectivity index is 2.76. The lowest BCUT2D eigenvalue weighted by atomic mass is 10.1. The highest BCUT2D eigenvalue weighted by Gasteiger charge is 2.20. The van der Waals surface area contributed by atoms with Gasteiger partial charge in [0.05, 0.1) is 18.5 Å². The zero-order chi connectivity index (χ0) is 16.0. The topological polar surface area (TPSA) is 89.8 Å². The van der Waals surface area contributed by atoms with Crippen LogP contribution >= 0.6 is 0 Å². The Labute approximate surface area is 122 Å². The van der Waals surface area contributed by atoms with Gasteiger partial charge in [0.15, 0.2) is 0 Å². The summed E-state index contributed by atoms with van der Waals surface area (Å²) in [7, 11) is 1.27. The zero-order valence-corrected chi connectivity index (χ0v) is 12.2. The number of carbonyl (C=O) groups excluding carboxylic acids is 2. The van der Waals surface area contributed by atoms with Gasteiger partial charge in [0.1, 0.15) is 6.54 Å². The van der Waals surface area contributed by atoms with Crippen LogP contribution in [0.15, 0.2) is 24.3 Å². The van der Waals surface area contributed by atoms with Crippen LogP contribution in [0, 0.1) is 10.1 Å². The number of non-ortho nitro benzene ring substituents is 1. The minimum atomic E-state index is -0.497. The molecule has 114 valence electrons. The number of hydrogen-bond donors (Lipinski definition) is 0. The number of benzene rings is 1. The van der Waals surface area contributed by atoms with E-state index in [1.807, 2.05) is 0 Å². The van der Waals surface area contributed by atoms with E-state index >= 15 is 0 Å². The molecule has 0 saturated heterocycles. The molecule has 1 amide bonds. The second kappa shape index (κ2) is 7.37. The zero-order valence-electron chi connectivity index (χ0n) is 12.2. The quantitative estimate of drug-likeness (QED) is 0.451. The maximum atomic E-state index is 12.2. The van der Waals surface area contributed by atoms with Crippen LogP contribution in [-0.2, 0) is 20.7 Å². The van der Waals surface area contributed by atoms with Crippen molar-refractivity contribution in [2.24, 2.45) is 0 Å². The Morgan fingerprint density at radius 3 is 2.29 bits per heavy atom. The third kappa shape index (κ3) is 4.87. The van der Waals surface area contributed by atoms with Gasteiger partial charge in [-0.2, -0.15) is 0 Å². The first kappa shape index (κ1) is 16.6. The van der Waals surface area contributed by atoms with E-state index in [-0.39, 0.29) is 30.6 Å². The molecular weight excluding hydrogens is 276 g/mol. The van der Waals surface area contributed by atoms with Crippen LogP contribution in [0.2, 0.25) is 0 Å². The fourth-order valence-electron chi connectivity index (χ4n) is 1.77. The summed E-state index contributed by atoms with van der Waals surface area (Å²) in [5, 5.41) is 10.6. The average molecular weight is 294 g/mol. The molecule has 1 aromatic carbocycles. The molecule has 0 bridgehead atoms. The van der Waals surface area contributed by atoms with Crippen LogP contribution in [0.25, 0.3) is 0 Å². The molecular formula is C14H18N2O5. The Kier molecular flexibility index (Phi) is 5.83. The van der Waals surface area contributed by atoms with E-state index in [1.54, 1.807) is 13.8 Å². The molecule has 0 radical (unpaired) electrons. The molecule has 0 unspecified atom stereocenters. The summed E-state index contributed by atoms with van der Waals surface area (Å²) < 4.78 is 4.57. The number of ether oxygens (including phenoxy) is 1. The van der Waals surface area contributed by atoms with E-state index in [0.29, 0.717) is 5.56 Å². The number of carbonyl (C=O) groups is 2. The second-order valence-corrected chi connectivity index (χ2v) is 4.79. The highest BCUT2D eigenvalue weighted by molar-refractivity contribution is 5.83. The van der Waals surface area contributed by atoms with Crippen molar-refractivity contribution in [1.82, 2.24) is 4.90 Å². The van der Waals surface area contributed by atoms with Crippen LogP contribution in [0.5, 0.6) is 0 Å². The van der Waals surface area contributed by atoms with Gasteiger partial charge >= 0.3 is 5.97 Å². The summed E-state index contributed by atoms with van der Waals surface area (Å²) in [5.74, 6) is -0.718. The standard InChI is InChI=1S/C14H18N2O5/c1-10(2)15(9-14(18)21-3)13(17)8-11-4-6-12(7-5-11)16(19)20/h4-7,10H,8-9H2,1-3H3. The van der Waals surface area contributed by atoms with Crippen molar-refractivity contribution < 1.29 is 19.2 Å². The van der Waals surface area contributed by atoms with Crippen LogP contribution in [0.3, 0.4) is 0 Å². The summed E-state index contributed by atoms with van der Waals surface area (Å²) in [5.41, 5.74) is 0.627. The van der Waals surface area contributed by atoms with Gasteiger partial charge in [0.2, 0.25) is 5.91 Å². The first-order chi connectivity index (χ1) is 9.85. The SMILES string of the molecule is COC(=O)CN(C(=O)Cc1ccc([N+](=O)[O-])cc1)C(C)C. The van der Waals surface area contributed by atoms with E-state index in [2.05, 4.69) is 4.74 Å². The summed E-state index contributed by atoms with van der Waals surface area (Å²) in [6.45, 7) is 3.49. The number of nitro groups is 1. The van der Waals surface area contributed by atoms with Crippen LogP contribution in [-0.4, -0.2) is 41.4 Å². The molecule has 0 heterocycles. The maximum Gasteiger partial charge on any atom is 0.325 e. The smallest absolute Gasteiger partial charge is 0.325 e. The summed E-state index contributed by atoms with van der Waals surface area (Å²) in [6, 6.07) is 5.62. The Hall–Kier alpha value is -2.44. The molecule has 0 aliphatic carbocycles. The molecule has 1 rings (SSSR count). The van der Waals surface area contributed by atoms with E-state index in [9.17, 15) is 19.7 Å². The van der Waals surface area contributed by atoms with Gasteiger partial charge in [-0.25, -0.2) is 0 Å². The minimum absolute atomic E-state index is 0.0264. The molecule has 7 heteroatoms. The maximum absolute atomic E-state index is 12.2. The molecule has 7 nitrogen and oxygen atoms in total. The van der Waals surface area contributed by atoms with Crippen molar-refractivity contribution >= 4 is 17.6 Å². The number of nitro benzene ring substituents is 1. The number of methoxy groups -OCH3 is 1. The highest BCUT2D eigenvalue weighted by atomic mass is 16.6. The van der Waals surface area contributed by atoms with Crippen molar-refractivity contribution in [3.63, 3.8) is 0 Å². The van der Waals surface area contributed by atoms with Gasteiger partial charge in [0.25, 0.3) is 5.69 Å². The molecule has 0 aromatic heterocycles. The van der Waals surface area contributed by atoms with Gasteiger partial charge in [-0.1, -0.05) is 12.1 Å². The Morgan fingerprint density at radius 2 is 1.86 bits per heavy atom. The second-order valence-electron chi connectivity index (χ2n) is 4.79. The molecule has 0 atom stereocenters. The third-order valence-electron chi connectivity index (χ3n) is 2.97. The molecule has 0 N–H and O–H groups in total. The van der Waals surface area contributed by atoms with Crippen molar-refractivity contribution in [2.75, 3.05) is 13.7 Å². The van der Waals surface area contributed by atoms with Crippen molar-refractivity contribution in [3.05, 3.63) is 39.9 Å². The molecule has 0 fully saturated rings. The monoisotopic (exact) mass is 294 g/mol. The lowest BCUT2D eigenvalue weighted by molar-refractivity contribution is -0.384. The normalized spacial score (nSPS) is 10.3. The first-order valence-corrected chi connectivity index (χ1v) is 6.44. The van der Waals surface area contributed by atoms with E-state index in [4.69, 9.17) is 0 Å². The Morgan fingerprint density at radius 1 is 1.29 bits per heavy atom. The molecule has 21 heavy (non-hydrogen) atoms. The average Bonchev–Trinajstić information content (AvgIpc) is 2.44. The summed E-state index contributed by atoms with van der Waals surface area (Å²) in [4.78, 5) is 35.0. The van der Waals surface area contributed by atoms with Crippen LogP contribution < -0.4 is 0 Å². The minimum Gasteiger partial charge on any atom is -0.468 e. The molecule has 0 aliphatic rings. The van der Waals surface area contributed by atoms with Gasteiger partial charge < -0.3 is 9.64 Å². The molecule has 1 aromatic rings. The van der Waals surface area contributed by atoms with Gasteiger partial charge in [0, 0.05) is 18.2 Å². The van der Waals surface area contributed by atoms with E-state index in [1.165, 1.54) is 36.3 Å². The fraction of sp³-hybridized carbons (Fsp3) is 0.429. The lowest BCUT2D eigenvalue weighted by Crippen LogP contribution is -2.41. The van der Waals surface area contributed by atoms with Crippen molar-refractivity contribution in [3.8, 4) is 0 Å². The van der Waals surface area contributed by atoms with Crippen molar-refractivity contribution in [1.29, 1.82) is 0 Å². The number of hydrogen-bond acceptors (Lipinski definition) is 5. The number of nitrogens with zero attached hydrogens (tertiary/aromatic N) is 2. The predicted molar refractivity (Wildman–Crippen MR) is 75.7 cm³/mol. The summed E-state index contributed by atoms with van der Waals surface area (Å²) >= 11 is 0. The van der Waals surface area contributed by atoms with Crippen molar-refractivity contribution in [2.45, 2.75) is 26.3 Å². The van der Waals surface area contributed by atoms with Crippen LogP contribution in [0.4, 0.5) is 5.69 Å². The number of esters is 1. The predicted octanol–water partition coefficient (Wildman–Crippen LogP) is 1.55. The van der Waals surface area contributed by atoms with E-state index < -0.39 is 10.9 Å². The van der Waals surface area contributed by atoms with Gasteiger partial charge in [-0.3, -0.25) is 19.7 Å². The highest BCUT2D eigenvalue weighted by Crippen LogP contribution is 2.13. The number of amides is 1. The number of rotatable bonds is 6. The molecule has 0 saturated carbocycles. The van der Waals surface area contributed by atoms with Gasteiger partial charge in [-0.15, -0.1) is 0 Å². The Bertz CT molecular complexity index is 525. The fourth-order valence-corrected chi connectivity index (χ4v) is 1.77. The first-order valence-electron chi connectivity index (χ1n) is 6.44. The lowest BCUT2D eigenvalue weighted by Gasteiger charge is -2.25.